The van der Waals surface area contributed by atoms with Gasteiger partial charge >= 0.3 is 0 Å². The number of amides is 1. The molecule has 0 radical (unpaired) electrons. The molecule has 2 heterocycles. The van der Waals surface area contributed by atoms with E-state index in [0.717, 1.165) is 35.5 Å². The van der Waals surface area contributed by atoms with Gasteiger partial charge in [0.15, 0.2) is 0 Å². The third kappa shape index (κ3) is 2.90. The van der Waals surface area contributed by atoms with Crippen LogP contribution in [0.25, 0.3) is 5.69 Å². The SMILES string of the molecule is Cc1nn(-c2ccccc2)c(C)c1CNC(=O)C1CCCO1. The molecule has 0 aliphatic carbocycles. The van der Waals surface area contributed by atoms with E-state index in [-0.39, 0.29) is 12.0 Å². The first-order valence-electron chi connectivity index (χ1n) is 7.66. The van der Waals surface area contributed by atoms with Crippen LogP contribution in [0.2, 0.25) is 0 Å². The Bertz CT molecular complexity index is 658. The number of aromatic nitrogens is 2. The van der Waals surface area contributed by atoms with Crippen LogP contribution in [-0.2, 0) is 16.1 Å². The van der Waals surface area contributed by atoms with Crippen molar-refractivity contribution in [1.29, 1.82) is 0 Å². The lowest BCUT2D eigenvalue weighted by molar-refractivity contribution is -0.130. The summed E-state index contributed by atoms with van der Waals surface area (Å²) in [6.45, 7) is 5.17. The van der Waals surface area contributed by atoms with Crippen molar-refractivity contribution in [3.05, 3.63) is 47.3 Å². The Kier molecular flexibility index (Phi) is 4.24. The van der Waals surface area contributed by atoms with Crippen molar-refractivity contribution >= 4 is 5.91 Å². The zero-order valence-corrected chi connectivity index (χ0v) is 13.0. The van der Waals surface area contributed by atoms with E-state index in [9.17, 15) is 4.79 Å². The molecule has 0 spiro atoms. The first-order valence-corrected chi connectivity index (χ1v) is 7.66. The monoisotopic (exact) mass is 299 g/mol. The second kappa shape index (κ2) is 6.32. The molecule has 116 valence electrons. The van der Waals surface area contributed by atoms with E-state index in [1.807, 2.05) is 48.9 Å². The highest BCUT2D eigenvalue weighted by atomic mass is 16.5. The minimum atomic E-state index is -0.287. The first kappa shape index (κ1) is 14.8. The van der Waals surface area contributed by atoms with Crippen molar-refractivity contribution < 1.29 is 9.53 Å². The Balaban J connectivity index is 1.74. The van der Waals surface area contributed by atoms with E-state index in [0.29, 0.717) is 13.2 Å². The van der Waals surface area contributed by atoms with E-state index >= 15 is 0 Å². The molecule has 0 bridgehead atoms. The standard InChI is InChI=1S/C17H21N3O2/c1-12-15(11-18-17(21)16-9-6-10-22-16)13(2)20(19-12)14-7-4-3-5-8-14/h3-5,7-8,16H,6,9-11H2,1-2H3,(H,18,21). The maximum absolute atomic E-state index is 12.1. The van der Waals surface area contributed by atoms with Gasteiger partial charge in [-0.25, -0.2) is 4.68 Å². The molecule has 1 fully saturated rings. The number of carbonyl (C=O) groups excluding carboxylic acids is 1. The number of aryl methyl sites for hydroxylation is 1. The largest absolute Gasteiger partial charge is 0.368 e. The number of benzene rings is 1. The van der Waals surface area contributed by atoms with Gasteiger partial charge in [-0.2, -0.15) is 5.10 Å². The molecule has 1 atom stereocenters. The van der Waals surface area contributed by atoms with Crippen molar-refractivity contribution in [2.45, 2.75) is 39.3 Å². The Labute approximate surface area is 130 Å². The number of nitrogens with zero attached hydrogens (tertiary/aromatic N) is 2. The highest BCUT2D eigenvalue weighted by Crippen LogP contribution is 2.18. The van der Waals surface area contributed by atoms with Crippen molar-refractivity contribution in [2.75, 3.05) is 6.61 Å². The number of rotatable bonds is 4. The number of carbonyl (C=O) groups is 1. The highest BCUT2D eigenvalue weighted by molar-refractivity contribution is 5.81. The molecule has 1 aliphatic rings. The lowest BCUT2D eigenvalue weighted by Gasteiger charge is -2.11. The second-order valence-corrected chi connectivity index (χ2v) is 5.62. The van der Waals surface area contributed by atoms with Crippen LogP contribution < -0.4 is 5.32 Å². The van der Waals surface area contributed by atoms with E-state index in [1.54, 1.807) is 0 Å². The zero-order valence-electron chi connectivity index (χ0n) is 13.0. The van der Waals surface area contributed by atoms with Gasteiger partial charge < -0.3 is 10.1 Å². The van der Waals surface area contributed by atoms with E-state index in [2.05, 4.69) is 10.4 Å². The van der Waals surface area contributed by atoms with Gasteiger partial charge in [-0.3, -0.25) is 4.79 Å². The third-order valence-electron chi connectivity index (χ3n) is 4.10. The lowest BCUT2D eigenvalue weighted by atomic mass is 10.2. The smallest absolute Gasteiger partial charge is 0.249 e. The molecule has 1 N–H and O–H groups in total. The minimum absolute atomic E-state index is 0.0243. The summed E-state index contributed by atoms with van der Waals surface area (Å²) in [5, 5.41) is 7.56. The average Bonchev–Trinajstić information content (AvgIpc) is 3.15. The van der Waals surface area contributed by atoms with Crippen molar-refractivity contribution in [2.24, 2.45) is 0 Å². The Morgan fingerprint density at radius 2 is 2.14 bits per heavy atom. The van der Waals surface area contributed by atoms with Gasteiger partial charge in [0, 0.05) is 24.4 Å². The van der Waals surface area contributed by atoms with E-state index in [1.165, 1.54) is 0 Å². The fourth-order valence-electron chi connectivity index (χ4n) is 2.83. The highest BCUT2D eigenvalue weighted by Gasteiger charge is 2.23. The summed E-state index contributed by atoms with van der Waals surface area (Å²) in [7, 11) is 0. The molecular formula is C17H21N3O2. The third-order valence-corrected chi connectivity index (χ3v) is 4.10. The molecule has 1 aliphatic heterocycles. The number of hydrogen-bond donors (Lipinski definition) is 1. The fraction of sp³-hybridized carbons (Fsp3) is 0.412. The van der Waals surface area contributed by atoms with Crippen LogP contribution in [0.5, 0.6) is 0 Å². The van der Waals surface area contributed by atoms with Crippen LogP contribution in [-0.4, -0.2) is 28.4 Å². The summed E-state index contributed by atoms with van der Waals surface area (Å²) in [6, 6.07) is 10.0. The van der Waals surface area contributed by atoms with Gasteiger partial charge in [0.05, 0.1) is 11.4 Å². The Morgan fingerprint density at radius 3 is 2.82 bits per heavy atom. The number of para-hydroxylation sites is 1. The van der Waals surface area contributed by atoms with Crippen LogP contribution in [0.3, 0.4) is 0 Å². The molecule has 1 aromatic carbocycles. The van der Waals surface area contributed by atoms with Crippen LogP contribution in [0.4, 0.5) is 0 Å². The average molecular weight is 299 g/mol. The summed E-state index contributed by atoms with van der Waals surface area (Å²) in [5.74, 6) is -0.0243. The quantitative estimate of drug-likeness (QED) is 0.942. The molecule has 1 unspecified atom stereocenters. The summed E-state index contributed by atoms with van der Waals surface area (Å²) < 4.78 is 7.32. The lowest BCUT2D eigenvalue weighted by Crippen LogP contribution is -2.33. The minimum Gasteiger partial charge on any atom is -0.368 e. The molecule has 1 saturated heterocycles. The molecule has 5 heteroatoms. The van der Waals surface area contributed by atoms with Gasteiger partial charge in [-0.1, -0.05) is 18.2 Å². The first-order chi connectivity index (χ1) is 10.7. The second-order valence-electron chi connectivity index (χ2n) is 5.62. The Hall–Kier alpha value is -2.14. The van der Waals surface area contributed by atoms with Crippen molar-refractivity contribution in [1.82, 2.24) is 15.1 Å². The summed E-state index contributed by atoms with van der Waals surface area (Å²) >= 11 is 0. The molecule has 0 saturated carbocycles. The van der Waals surface area contributed by atoms with Crippen LogP contribution in [0.15, 0.2) is 30.3 Å². The number of nitrogens with one attached hydrogen (secondary N) is 1. The maximum Gasteiger partial charge on any atom is 0.249 e. The predicted molar refractivity (Wildman–Crippen MR) is 83.9 cm³/mol. The van der Waals surface area contributed by atoms with Gasteiger partial charge in [0.2, 0.25) is 5.91 Å². The zero-order chi connectivity index (χ0) is 15.5. The normalized spacial score (nSPS) is 17.6. The summed E-state index contributed by atoms with van der Waals surface area (Å²) in [6.07, 6.45) is 1.49. The molecule has 5 nitrogen and oxygen atoms in total. The summed E-state index contributed by atoms with van der Waals surface area (Å²) in [5.41, 5.74) is 4.08. The molecule has 2 aromatic rings. The van der Waals surface area contributed by atoms with Gasteiger partial charge in [-0.15, -0.1) is 0 Å². The molecule has 1 amide bonds. The molecular weight excluding hydrogens is 278 g/mol. The van der Waals surface area contributed by atoms with E-state index in [4.69, 9.17) is 4.74 Å². The van der Waals surface area contributed by atoms with Gasteiger partial charge in [0.1, 0.15) is 6.10 Å². The van der Waals surface area contributed by atoms with Gasteiger partial charge in [0.25, 0.3) is 0 Å². The summed E-state index contributed by atoms with van der Waals surface area (Å²) in [4.78, 5) is 12.1. The Morgan fingerprint density at radius 1 is 1.36 bits per heavy atom. The van der Waals surface area contributed by atoms with E-state index < -0.39 is 0 Å². The van der Waals surface area contributed by atoms with Crippen LogP contribution in [0.1, 0.15) is 29.8 Å². The fourth-order valence-corrected chi connectivity index (χ4v) is 2.83. The topological polar surface area (TPSA) is 56.2 Å². The van der Waals surface area contributed by atoms with Gasteiger partial charge in [-0.05, 0) is 38.8 Å². The predicted octanol–water partition coefficient (Wildman–Crippen LogP) is 2.28. The number of ether oxygens (including phenoxy) is 1. The maximum atomic E-state index is 12.1. The van der Waals surface area contributed by atoms with Crippen molar-refractivity contribution in [3.8, 4) is 5.69 Å². The van der Waals surface area contributed by atoms with Crippen molar-refractivity contribution in [3.63, 3.8) is 0 Å². The molecule has 22 heavy (non-hydrogen) atoms. The van der Waals surface area contributed by atoms with Crippen LogP contribution in [0, 0.1) is 13.8 Å². The van der Waals surface area contributed by atoms with Crippen LogP contribution >= 0.6 is 0 Å². The number of hydrogen-bond acceptors (Lipinski definition) is 3. The molecule has 3 rings (SSSR count). The molecule has 1 aromatic heterocycles.